The Balaban J connectivity index is 2.03. The Bertz CT molecular complexity index is 946. The van der Waals surface area contributed by atoms with Crippen LogP contribution in [0.15, 0.2) is 60.8 Å². The molecule has 0 spiro atoms. The maximum absolute atomic E-state index is 11.7. The average molecular weight is 378 g/mol. The number of hydrogen-bond donors (Lipinski definition) is 1. The number of aromatic carboxylic acids is 1. The zero-order valence-electron chi connectivity index (χ0n) is 16.6. The maximum Gasteiger partial charge on any atom is 0.337 e. The van der Waals surface area contributed by atoms with Crippen molar-refractivity contribution in [1.29, 1.82) is 0 Å². The molecule has 0 saturated heterocycles. The Hall–Kier alpha value is -3.05. The largest absolute Gasteiger partial charge is 0.478 e. The lowest BCUT2D eigenvalue weighted by molar-refractivity contribution is 0.0696. The summed E-state index contributed by atoms with van der Waals surface area (Å²) in [7, 11) is 4.07. The second-order valence-corrected chi connectivity index (χ2v) is 7.08. The Kier molecular flexibility index (Phi) is 6.16. The molecule has 2 aromatic carbocycles. The van der Waals surface area contributed by atoms with Crippen molar-refractivity contribution in [1.82, 2.24) is 9.47 Å². The van der Waals surface area contributed by atoms with Crippen LogP contribution in [-0.4, -0.2) is 41.2 Å². The Labute approximate surface area is 165 Å². The highest BCUT2D eigenvalue weighted by Crippen LogP contribution is 2.37. The van der Waals surface area contributed by atoms with Crippen LogP contribution in [0.25, 0.3) is 11.3 Å². The summed E-state index contributed by atoms with van der Waals surface area (Å²) < 4.78 is 8.15. The first-order valence-electron chi connectivity index (χ1n) is 9.37. The topological polar surface area (TPSA) is 54.7 Å². The highest BCUT2D eigenvalue weighted by atomic mass is 16.5. The van der Waals surface area contributed by atoms with E-state index in [0.717, 1.165) is 42.1 Å². The third kappa shape index (κ3) is 4.43. The molecular formula is C23H26N2O3. The van der Waals surface area contributed by atoms with Crippen molar-refractivity contribution in [3.8, 4) is 22.8 Å². The lowest BCUT2D eigenvalue weighted by Gasteiger charge is -2.16. The standard InChI is InChI=1S/C23H26N2O3/c1-17-20(23(26)27)16-25(15-9-14-24(2)3)22(17)19-12-7-8-13-21(19)28-18-10-5-4-6-11-18/h4-8,10-13,16H,9,14-15H2,1-3H3,(H,26,27). The van der Waals surface area contributed by atoms with Gasteiger partial charge in [0, 0.05) is 18.3 Å². The third-order valence-electron chi connectivity index (χ3n) is 4.68. The number of aromatic nitrogens is 1. The van der Waals surface area contributed by atoms with E-state index >= 15 is 0 Å². The molecule has 5 nitrogen and oxygen atoms in total. The summed E-state index contributed by atoms with van der Waals surface area (Å²) >= 11 is 0. The maximum atomic E-state index is 11.7. The van der Waals surface area contributed by atoms with E-state index in [1.54, 1.807) is 6.20 Å². The van der Waals surface area contributed by atoms with Crippen LogP contribution in [0.3, 0.4) is 0 Å². The Morgan fingerprint density at radius 3 is 2.43 bits per heavy atom. The Morgan fingerprint density at radius 1 is 1.07 bits per heavy atom. The summed E-state index contributed by atoms with van der Waals surface area (Å²) in [5.74, 6) is 0.545. The van der Waals surface area contributed by atoms with Crippen LogP contribution in [0.1, 0.15) is 22.3 Å². The molecule has 3 aromatic rings. The van der Waals surface area contributed by atoms with E-state index in [0.29, 0.717) is 11.3 Å². The predicted octanol–water partition coefficient (Wildman–Crippen LogP) is 4.91. The fourth-order valence-corrected chi connectivity index (χ4v) is 3.33. The number of hydrogen-bond acceptors (Lipinski definition) is 3. The number of benzene rings is 2. The molecule has 0 radical (unpaired) electrons. The molecule has 5 heteroatoms. The molecule has 0 atom stereocenters. The van der Waals surface area contributed by atoms with Crippen molar-refractivity contribution in [3.63, 3.8) is 0 Å². The van der Waals surface area contributed by atoms with Gasteiger partial charge in [-0.2, -0.15) is 0 Å². The first-order chi connectivity index (χ1) is 13.5. The number of rotatable bonds is 8. The molecule has 146 valence electrons. The summed E-state index contributed by atoms with van der Waals surface area (Å²) in [5, 5.41) is 9.62. The van der Waals surface area contributed by atoms with E-state index in [9.17, 15) is 9.90 Å². The number of aryl methyl sites for hydroxylation is 1. The van der Waals surface area contributed by atoms with Crippen LogP contribution >= 0.6 is 0 Å². The molecule has 28 heavy (non-hydrogen) atoms. The van der Waals surface area contributed by atoms with E-state index < -0.39 is 5.97 Å². The molecule has 0 aliphatic rings. The van der Waals surface area contributed by atoms with E-state index in [-0.39, 0.29) is 0 Å². The van der Waals surface area contributed by atoms with E-state index in [4.69, 9.17) is 4.74 Å². The van der Waals surface area contributed by atoms with Gasteiger partial charge in [-0.25, -0.2) is 4.79 Å². The van der Waals surface area contributed by atoms with Gasteiger partial charge in [0.25, 0.3) is 0 Å². The number of para-hydroxylation sites is 2. The zero-order valence-corrected chi connectivity index (χ0v) is 16.6. The van der Waals surface area contributed by atoms with Crippen LogP contribution in [-0.2, 0) is 6.54 Å². The minimum absolute atomic E-state index is 0.328. The van der Waals surface area contributed by atoms with Crippen LogP contribution in [0.4, 0.5) is 0 Å². The van der Waals surface area contributed by atoms with Crippen molar-refractivity contribution in [2.24, 2.45) is 0 Å². The highest BCUT2D eigenvalue weighted by Gasteiger charge is 2.21. The summed E-state index contributed by atoms with van der Waals surface area (Å²) in [5.41, 5.74) is 2.86. The van der Waals surface area contributed by atoms with Crippen molar-refractivity contribution >= 4 is 5.97 Å². The van der Waals surface area contributed by atoms with Gasteiger partial charge in [-0.05, 0) is 63.8 Å². The van der Waals surface area contributed by atoms with Crippen LogP contribution < -0.4 is 4.74 Å². The van der Waals surface area contributed by atoms with Gasteiger partial charge < -0.3 is 19.3 Å². The predicted molar refractivity (Wildman–Crippen MR) is 111 cm³/mol. The van der Waals surface area contributed by atoms with Crippen molar-refractivity contribution in [2.75, 3.05) is 20.6 Å². The number of carboxylic acids is 1. The van der Waals surface area contributed by atoms with Gasteiger partial charge in [-0.15, -0.1) is 0 Å². The van der Waals surface area contributed by atoms with E-state index in [1.807, 2.05) is 80.2 Å². The summed E-state index contributed by atoms with van der Waals surface area (Å²) in [6, 6.07) is 17.4. The second kappa shape index (κ2) is 8.76. The zero-order chi connectivity index (χ0) is 20.1. The van der Waals surface area contributed by atoms with Gasteiger partial charge in [0.1, 0.15) is 11.5 Å². The molecule has 1 aromatic heterocycles. The minimum atomic E-state index is -0.911. The normalized spacial score (nSPS) is 11.0. The minimum Gasteiger partial charge on any atom is -0.478 e. The quantitative estimate of drug-likeness (QED) is 0.605. The van der Waals surface area contributed by atoms with Crippen molar-refractivity contribution in [2.45, 2.75) is 19.9 Å². The number of carboxylic acid groups (broad SMARTS) is 1. The summed E-state index contributed by atoms with van der Waals surface area (Å²) in [4.78, 5) is 13.8. The van der Waals surface area contributed by atoms with Gasteiger partial charge >= 0.3 is 5.97 Å². The molecule has 0 saturated carbocycles. The summed E-state index contributed by atoms with van der Waals surface area (Å²) in [6.45, 7) is 3.53. The van der Waals surface area contributed by atoms with Crippen molar-refractivity contribution in [3.05, 3.63) is 71.9 Å². The first-order valence-corrected chi connectivity index (χ1v) is 9.37. The van der Waals surface area contributed by atoms with Gasteiger partial charge in [0.05, 0.1) is 11.3 Å². The monoisotopic (exact) mass is 378 g/mol. The molecule has 0 aliphatic heterocycles. The smallest absolute Gasteiger partial charge is 0.337 e. The molecule has 0 amide bonds. The molecule has 1 heterocycles. The number of nitrogens with zero attached hydrogens (tertiary/aromatic N) is 2. The molecule has 3 rings (SSSR count). The highest BCUT2D eigenvalue weighted by molar-refractivity contribution is 5.92. The fraction of sp³-hybridized carbons (Fsp3) is 0.261. The number of carbonyl (C=O) groups is 1. The van der Waals surface area contributed by atoms with E-state index in [1.165, 1.54) is 0 Å². The first kappa shape index (κ1) is 19.7. The average Bonchev–Trinajstić information content (AvgIpc) is 2.99. The lowest BCUT2D eigenvalue weighted by atomic mass is 10.0. The van der Waals surface area contributed by atoms with Gasteiger partial charge in [-0.3, -0.25) is 0 Å². The van der Waals surface area contributed by atoms with Crippen LogP contribution in [0, 0.1) is 6.92 Å². The molecule has 1 N–H and O–H groups in total. The van der Waals surface area contributed by atoms with Crippen LogP contribution in [0.5, 0.6) is 11.5 Å². The van der Waals surface area contributed by atoms with Gasteiger partial charge in [-0.1, -0.05) is 30.3 Å². The van der Waals surface area contributed by atoms with E-state index in [2.05, 4.69) is 4.90 Å². The SMILES string of the molecule is Cc1c(C(=O)O)cn(CCCN(C)C)c1-c1ccccc1Oc1ccccc1. The third-order valence-corrected chi connectivity index (χ3v) is 4.68. The molecular weight excluding hydrogens is 352 g/mol. The molecule has 0 fully saturated rings. The molecule has 0 unspecified atom stereocenters. The van der Waals surface area contributed by atoms with Crippen molar-refractivity contribution < 1.29 is 14.6 Å². The summed E-state index contributed by atoms with van der Waals surface area (Å²) in [6.07, 6.45) is 2.66. The van der Waals surface area contributed by atoms with Gasteiger partial charge in [0.2, 0.25) is 0 Å². The number of ether oxygens (including phenoxy) is 1. The van der Waals surface area contributed by atoms with Crippen LogP contribution in [0.2, 0.25) is 0 Å². The molecule has 0 bridgehead atoms. The molecule has 0 aliphatic carbocycles. The lowest BCUT2D eigenvalue weighted by Crippen LogP contribution is -2.15. The van der Waals surface area contributed by atoms with Gasteiger partial charge in [0.15, 0.2) is 0 Å². The second-order valence-electron chi connectivity index (χ2n) is 7.08. The Morgan fingerprint density at radius 2 is 1.75 bits per heavy atom. The fourth-order valence-electron chi connectivity index (χ4n) is 3.33.